The summed E-state index contributed by atoms with van der Waals surface area (Å²) in [6.07, 6.45) is 2.55. The molecule has 1 fully saturated rings. The molecular weight excluding hydrogens is 361 g/mol. The molecule has 1 saturated carbocycles. The van der Waals surface area contributed by atoms with Crippen LogP contribution in [0.1, 0.15) is 39.9 Å². The van der Waals surface area contributed by atoms with Crippen LogP contribution in [0.25, 0.3) is 0 Å². The monoisotopic (exact) mass is 385 g/mol. The van der Waals surface area contributed by atoms with Crippen molar-refractivity contribution in [2.24, 2.45) is 0 Å². The number of benzene rings is 2. The minimum Gasteiger partial charge on any atom is -0.481 e. The first-order valence-corrected chi connectivity index (χ1v) is 9.36. The number of carbonyl (C=O) groups is 2. The number of carboxylic acid groups (broad SMARTS) is 1. The van der Waals surface area contributed by atoms with E-state index < -0.39 is 12.6 Å². The number of amides is 1. The van der Waals surface area contributed by atoms with Gasteiger partial charge in [0.05, 0.1) is 0 Å². The van der Waals surface area contributed by atoms with Crippen molar-refractivity contribution in [3.8, 4) is 5.75 Å². The Morgan fingerprint density at radius 1 is 1.18 bits per heavy atom. The van der Waals surface area contributed by atoms with E-state index in [9.17, 15) is 14.0 Å². The largest absolute Gasteiger partial charge is 0.481 e. The molecule has 0 spiro atoms. The van der Waals surface area contributed by atoms with Gasteiger partial charge in [0.15, 0.2) is 6.61 Å². The van der Waals surface area contributed by atoms with Gasteiger partial charge in [-0.3, -0.25) is 4.79 Å². The van der Waals surface area contributed by atoms with Gasteiger partial charge in [0.2, 0.25) is 0 Å². The lowest BCUT2D eigenvalue weighted by Crippen LogP contribution is -2.35. The smallest absolute Gasteiger partial charge is 0.341 e. The Morgan fingerprint density at radius 2 is 1.86 bits per heavy atom. The van der Waals surface area contributed by atoms with Crippen LogP contribution in [0.5, 0.6) is 5.75 Å². The van der Waals surface area contributed by atoms with Crippen molar-refractivity contribution in [1.29, 1.82) is 0 Å². The maximum atomic E-state index is 13.4. The number of hydrogen-bond acceptors (Lipinski definition) is 3. The number of ether oxygens (including phenoxy) is 1. The standard InChI is InChI=1S/C22H24FNO4/c1-14-10-17(11-15(2)21(14)28-13-20(25)26)22(27)24(19-6-7-19)9-8-16-4-3-5-18(23)12-16/h3-5,10-12,19H,6-9,13H2,1-2H3,(H,25,26). The number of halogens is 1. The summed E-state index contributed by atoms with van der Waals surface area (Å²) in [5.41, 5.74) is 2.88. The van der Waals surface area contributed by atoms with Crippen LogP contribution in [0.15, 0.2) is 36.4 Å². The number of nitrogens with zero attached hydrogens (tertiary/aromatic N) is 1. The Kier molecular flexibility index (Phi) is 5.97. The maximum absolute atomic E-state index is 13.4. The molecule has 1 amide bonds. The Hall–Kier alpha value is -2.89. The molecule has 1 N–H and O–H groups in total. The number of aliphatic carboxylic acids is 1. The molecule has 6 heteroatoms. The molecule has 28 heavy (non-hydrogen) atoms. The third-order valence-corrected chi connectivity index (χ3v) is 4.83. The first-order chi connectivity index (χ1) is 13.3. The van der Waals surface area contributed by atoms with Gasteiger partial charge in [-0.2, -0.15) is 0 Å². The fourth-order valence-electron chi connectivity index (χ4n) is 3.38. The quantitative estimate of drug-likeness (QED) is 0.752. The molecule has 5 nitrogen and oxygen atoms in total. The fraction of sp³-hybridized carbons (Fsp3) is 0.364. The summed E-state index contributed by atoms with van der Waals surface area (Å²) in [5, 5.41) is 8.80. The average Bonchev–Trinajstić information content (AvgIpc) is 3.45. The van der Waals surface area contributed by atoms with Gasteiger partial charge in [-0.1, -0.05) is 12.1 Å². The van der Waals surface area contributed by atoms with Crippen molar-refractivity contribution in [1.82, 2.24) is 4.90 Å². The highest BCUT2D eigenvalue weighted by molar-refractivity contribution is 5.95. The molecule has 0 radical (unpaired) electrons. The minimum absolute atomic E-state index is 0.0603. The molecule has 148 valence electrons. The molecule has 0 heterocycles. The van der Waals surface area contributed by atoms with Gasteiger partial charge in [-0.05, 0) is 74.1 Å². The summed E-state index contributed by atoms with van der Waals surface area (Å²) in [7, 11) is 0. The lowest BCUT2D eigenvalue weighted by molar-refractivity contribution is -0.139. The van der Waals surface area contributed by atoms with Crippen molar-refractivity contribution in [3.05, 3.63) is 64.5 Å². The predicted molar refractivity (Wildman–Crippen MR) is 103 cm³/mol. The van der Waals surface area contributed by atoms with Crippen LogP contribution in [0.2, 0.25) is 0 Å². The average molecular weight is 385 g/mol. The van der Waals surface area contributed by atoms with E-state index in [-0.39, 0.29) is 17.8 Å². The highest BCUT2D eigenvalue weighted by atomic mass is 19.1. The molecule has 0 bridgehead atoms. The van der Waals surface area contributed by atoms with Gasteiger partial charge >= 0.3 is 5.97 Å². The molecule has 0 aromatic heterocycles. The van der Waals surface area contributed by atoms with E-state index in [1.54, 1.807) is 32.0 Å². The van der Waals surface area contributed by atoms with Crippen molar-refractivity contribution in [3.63, 3.8) is 0 Å². The number of rotatable bonds is 8. The van der Waals surface area contributed by atoms with Gasteiger partial charge in [-0.25, -0.2) is 9.18 Å². The van der Waals surface area contributed by atoms with Crippen molar-refractivity contribution < 1.29 is 23.8 Å². The van der Waals surface area contributed by atoms with E-state index in [4.69, 9.17) is 9.84 Å². The van der Waals surface area contributed by atoms with Crippen LogP contribution < -0.4 is 4.74 Å². The minimum atomic E-state index is -1.05. The third kappa shape index (κ3) is 4.88. The molecule has 2 aromatic rings. The topological polar surface area (TPSA) is 66.8 Å². The van der Waals surface area contributed by atoms with E-state index >= 15 is 0 Å². The summed E-state index contributed by atoms with van der Waals surface area (Å²) in [6, 6.07) is 10.2. The van der Waals surface area contributed by atoms with Crippen molar-refractivity contribution in [2.75, 3.05) is 13.2 Å². The normalized spacial score (nSPS) is 13.2. The Bertz CT molecular complexity index is 869. The zero-order valence-corrected chi connectivity index (χ0v) is 16.1. The second kappa shape index (κ2) is 8.42. The third-order valence-electron chi connectivity index (χ3n) is 4.83. The van der Waals surface area contributed by atoms with Crippen molar-refractivity contribution in [2.45, 2.75) is 39.2 Å². The van der Waals surface area contributed by atoms with E-state index in [2.05, 4.69) is 0 Å². The lowest BCUT2D eigenvalue weighted by atomic mass is 10.0. The van der Waals surface area contributed by atoms with Crippen LogP contribution >= 0.6 is 0 Å². The van der Waals surface area contributed by atoms with E-state index in [1.807, 2.05) is 11.0 Å². The van der Waals surface area contributed by atoms with Gasteiger partial charge in [0.25, 0.3) is 5.91 Å². The number of carbonyl (C=O) groups excluding carboxylic acids is 1. The SMILES string of the molecule is Cc1cc(C(=O)N(CCc2cccc(F)c2)C2CC2)cc(C)c1OCC(=O)O. The van der Waals surface area contributed by atoms with Crippen LogP contribution in [-0.2, 0) is 11.2 Å². The second-order valence-electron chi connectivity index (χ2n) is 7.23. The zero-order chi connectivity index (χ0) is 20.3. The summed E-state index contributed by atoms with van der Waals surface area (Å²) >= 11 is 0. The van der Waals surface area contributed by atoms with Gasteiger partial charge in [0, 0.05) is 18.2 Å². The molecule has 0 atom stereocenters. The number of carboxylic acids is 1. The molecular formula is C22H24FNO4. The summed E-state index contributed by atoms with van der Waals surface area (Å²) in [6.45, 7) is 3.71. The van der Waals surface area contributed by atoms with Gasteiger partial charge < -0.3 is 14.7 Å². The first kappa shape index (κ1) is 19.9. The van der Waals surface area contributed by atoms with Crippen LogP contribution in [0.4, 0.5) is 4.39 Å². The predicted octanol–water partition coefficient (Wildman–Crippen LogP) is 3.75. The Balaban J connectivity index is 1.75. The molecule has 0 aliphatic heterocycles. The molecule has 2 aromatic carbocycles. The Labute approximate surface area is 163 Å². The molecule has 0 saturated heterocycles. The van der Waals surface area contributed by atoms with Crippen LogP contribution in [0.3, 0.4) is 0 Å². The van der Waals surface area contributed by atoms with E-state index in [0.717, 1.165) is 29.5 Å². The van der Waals surface area contributed by atoms with Crippen molar-refractivity contribution >= 4 is 11.9 Å². The van der Waals surface area contributed by atoms with Crippen LogP contribution in [0, 0.1) is 19.7 Å². The van der Waals surface area contributed by atoms with Gasteiger partial charge in [-0.15, -0.1) is 0 Å². The summed E-state index contributed by atoms with van der Waals surface area (Å²) in [5.74, 6) is -0.882. The van der Waals surface area contributed by atoms with Crippen LogP contribution in [-0.4, -0.2) is 41.1 Å². The molecule has 3 rings (SSSR count). The second-order valence-corrected chi connectivity index (χ2v) is 7.23. The molecule has 1 aliphatic rings. The molecule has 0 unspecified atom stereocenters. The Morgan fingerprint density at radius 3 is 2.43 bits per heavy atom. The van der Waals surface area contributed by atoms with E-state index in [0.29, 0.717) is 24.3 Å². The zero-order valence-electron chi connectivity index (χ0n) is 16.1. The highest BCUT2D eigenvalue weighted by Gasteiger charge is 2.33. The number of hydrogen-bond donors (Lipinski definition) is 1. The lowest BCUT2D eigenvalue weighted by Gasteiger charge is -2.23. The van der Waals surface area contributed by atoms with Gasteiger partial charge in [0.1, 0.15) is 11.6 Å². The number of aryl methyl sites for hydroxylation is 2. The van der Waals surface area contributed by atoms with E-state index in [1.165, 1.54) is 12.1 Å². The summed E-state index contributed by atoms with van der Waals surface area (Å²) < 4.78 is 18.7. The summed E-state index contributed by atoms with van der Waals surface area (Å²) in [4.78, 5) is 25.7. The first-order valence-electron chi connectivity index (χ1n) is 9.36. The highest BCUT2D eigenvalue weighted by Crippen LogP contribution is 2.31. The fourth-order valence-corrected chi connectivity index (χ4v) is 3.38. The molecule has 1 aliphatic carbocycles. The maximum Gasteiger partial charge on any atom is 0.341 e.